The summed E-state index contributed by atoms with van der Waals surface area (Å²) in [7, 11) is 0. The maximum absolute atomic E-state index is 5.67. The van der Waals surface area contributed by atoms with Crippen molar-refractivity contribution in [2.24, 2.45) is 5.73 Å². The van der Waals surface area contributed by atoms with E-state index in [9.17, 15) is 0 Å². The highest BCUT2D eigenvalue weighted by Gasteiger charge is 2.08. The van der Waals surface area contributed by atoms with Gasteiger partial charge in [0.15, 0.2) is 0 Å². The molecule has 1 aromatic heterocycles. The fourth-order valence-electron chi connectivity index (χ4n) is 1.82. The molecular weight excluding hydrogens is 198 g/mol. The summed E-state index contributed by atoms with van der Waals surface area (Å²) in [5.41, 5.74) is 11.0. The molecule has 1 heterocycles. The predicted molar refractivity (Wildman–Crippen MR) is 64.8 cm³/mol. The van der Waals surface area contributed by atoms with E-state index in [1.807, 2.05) is 0 Å². The maximum atomic E-state index is 5.67. The highest BCUT2D eigenvalue weighted by molar-refractivity contribution is 5.65. The number of hydrogen-bond donors (Lipinski definition) is 1. The third-order valence-electron chi connectivity index (χ3n) is 2.60. The monoisotopic (exact) mass is 213 g/mol. The third kappa shape index (κ3) is 1.95. The van der Waals surface area contributed by atoms with Gasteiger partial charge in [-0.05, 0) is 19.4 Å². The van der Waals surface area contributed by atoms with Gasteiger partial charge in [0.2, 0.25) is 0 Å². The molecule has 0 fully saturated rings. The zero-order valence-electron chi connectivity index (χ0n) is 9.57. The van der Waals surface area contributed by atoms with Crippen LogP contribution in [0.15, 0.2) is 30.6 Å². The van der Waals surface area contributed by atoms with Crippen molar-refractivity contribution in [1.82, 2.24) is 9.97 Å². The molecule has 2 N–H and O–H groups in total. The fourth-order valence-corrected chi connectivity index (χ4v) is 1.82. The van der Waals surface area contributed by atoms with Gasteiger partial charge in [-0.2, -0.15) is 0 Å². The van der Waals surface area contributed by atoms with Gasteiger partial charge in [-0.1, -0.05) is 23.8 Å². The first-order chi connectivity index (χ1) is 7.72. The Balaban J connectivity index is 2.58. The van der Waals surface area contributed by atoms with E-state index in [1.165, 1.54) is 11.1 Å². The van der Waals surface area contributed by atoms with Gasteiger partial charge in [-0.25, -0.2) is 0 Å². The summed E-state index contributed by atoms with van der Waals surface area (Å²) in [6.45, 7) is 4.57. The van der Waals surface area contributed by atoms with E-state index in [0.717, 1.165) is 17.0 Å². The molecule has 0 bridgehead atoms. The van der Waals surface area contributed by atoms with Crippen molar-refractivity contribution in [2.45, 2.75) is 20.4 Å². The Morgan fingerprint density at radius 1 is 1.12 bits per heavy atom. The minimum atomic E-state index is 0.413. The lowest BCUT2D eigenvalue weighted by atomic mass is 10.0. The molecule has 0 atom stereocenters. The molecule has 0 aliphatic rings. The van der Waals surface area contributed by atoms with Crippen molar-refractivity contribution in [3.8, 4) is 11.3 Å². The molecule has 1 aromatic carbocycles. The zero-order valence-corrected chi connectivity index (χ0v) is 9.57. The quantitative estimate of drug-likeness (QED) is 0.832. The topological polar surface area (TPSA) is 51.8 Å². The molecule has 16 heavy (non-hydrogen) atoms. The summed E-state index contributed by atoms with van der Waals surface area (Å²) in [4.78, 5) is 8.62. The van der Waals surface area contributed by atoms with E-state index in [-0.39, 0.29) is 0 Å². The fraction of sp³-hybridized carbons (Fsp3) is 0.231. The van der Waals surface area contributed by atoms with Crippen molar-refractivity contribution in [3.05, 3.63) is 47.4 Å². The van der Waals surface area contributed by atoms with Crippen LogP contribution in [0, 0.1) is 13.8 Å². The van der Waals surface area contributed by atoms with Crippen LogP contribution in [-0.2, 0) is 6.54 Å². The summed E-state index contributed by atoms with van der Waals surface area (Å²) in [5.74, 6) is 0. The number of nitrogens with zero attached hydrogens (tertiary/aromatic N) is 2. The van der Waals surface area contributed by atoms with E-state index in [1.54, 1.807) is 12.4 Å². The van der Waals surface area contributed by atoms with Gasteiger partial charge in [0.25, 0.3) is 0 Å². The molecule has 0 aliphatic carbocycles. The highest BCUT2D eigenvalue weighted by atomic mass is 14.8. The second kappa shape index (κ2) is 4.41. The second-order valence-corrected chi connectivity index (χ2v) is 3.87. The summed E-state index contributed by atoms with van der Waals surface area (Å²) >= 11 is 0. The number of aromatic nitrogens is 2. The second-order valence-electron chi connectivity index (χ2n) is 3.87. The average Bonchev–Trinajstić information content (AvgIpc) is 2.29. The van der Waals surface area contributed by atoms with Crippen LogP contribution in [-0.4, -0.2) is 9.97 Å². The number of hydrogen-bond acceptors (Lipinski definition) is 3. The zero-order chi connectivity index (χ0) is 11.5. The van der Waals surface area contributed by atoms with E-state index in [4.69, 9.17) is 5.73 Å². The number of rotatable bonds is 2. The standard InChI is InChI=1S/C13H15N3/c1-9-3-4-11(10(2)7-9)13-12(8-14)15-5-6-16-13/h3-7H,8,14H2,1-2H3. The molecule has 3 heteroatoms. The Kier molecular flexibility index (Phi) is 2.97. The van der Waals surface area contributed by atoms with Gasteiger partial charge in [0.1, 0.15) is 0 Å². The number of benzene rings is 1. The Hall–Kier alpha value is -1.74. The van der Waals surface area contributed by atoms with Crippen molar-refractivity contribution in [1.29, 1.82) is 0 Å². The molecule has 0 saturated carbocycles. The molecule has 0 aliphatic heterocycles. The minimum absolute atomic E-state index is 0.413. The van der Waals surface area contributed by atoms with Crippen LogP contribution >= 0.6 is 0 Å². The van der Waals surface area contributed by atoms with Crippen molar-refractivity contribution in [2.75, 3.05) is 0 Å². The van der Waals surface area contributed by atoms with Crippen molar-refractivity contribution in [3.63, 3.8) is 0 Å². The van der Waals surface area contributed by atoms with Crippen LogP contribution in [0.2, 0.25) is 0 Å². The summed E-state index contributed by atoms with van der Waals surface area (Å²) < 4.78 is 0. The third-order valence-corrected chi connectivity index (χ3v) is 2.60. The van der Waals surface area contributed by atoms with Crippen molar-refractivity contribution < 1.29 is 0 Å². The maximum Gasteiger partial charge on any atom is 0.0933 e. The van der Waals surface area contributed by atoms with Crippen molar-refractivity contribution >= 4 is 0 Å². The van der Waals surface area contributed by atoms with Crippen LogP contribution in [0.3, 0.4) is 0 Å². The molecule has 0 unspecified atom stereocenters. The number of nitrogens with two attached hydrogens (primary N) is 1. The Morgan fingerprint density at radius 2 is 1.88 bits per heavy atom. The molecule has 0 saturated heterocycles. The Bertz CT molecular complexity index is 506. The average molecular weight is 213 g/mol. The lowest BCUT2D eigenvalue weighted by molar-refractivity contribution is 0.968. The van der Waals surface area contributed by atoms with Crippen LogP contribution in [0.1, 0.15) is 16.8 Å². The predicted octanol–water partition coefficient (Wildman–Crippen LogP) is 2.22. The lowest BCUT2D eigenvalue weighted by Gasteiger charge is -2.09. The summed E-state index contributed by atoms with van der Waals surface area (Å²) in [6.07, 6.45) is 3.38. The van der Waals surface area contributed by atoms with E-state index in [0.29, 0.717) is 6.54 Å². The Labute approximate surface area is 95.4 Å². The normalized spacial score (nSPS) is 10.4. The molecule has 2 rings (SSSR count). The van der Waals surface area contributed by atoms with Crippen LogP contribution in [0.5, 0.6) is 0 Å². The minimum Gasteiger partial charge on any atom is -0.325 e. The smallest absolute Gasteiger partial charge is 0.0933 e. The molecule has 82 valence electrons. The van der Waals surface area contributed by atoms with Gasteiger partial charge >= 0.3 is 0 Å². The van der Waals surface area contributed by atoms with E-state index < -0.39 is 0 Å². The largest absolute Gasteiger partial charge is 0.325 e. The van der Waals surface area contributed by atoms with Crippen LogP contribution in [0.25, 0.3) is 11.3 Å². The van der Waals surface area contributed by atoms with E-state index in [2.05, 4.69) is 42.0 Å². The molecule has 2 aromatic rings. The SMILES string of the molecule is Cc1ccc(-c2nccnc2CN)c(C)c1. The summed E-state index contributed by atoms with van der Waals surface area (Å²) in [6, 6.07) is 6.30. The van der Waals surface area contributed by atoms with Gasteiger partial charge in [-0.3, -0.25) is 9.97 Å². The van der Waals surface area contributed by atoms with Gasteiger partial charge in [0, 0.05) is 24.5 Å². The first-order valence-corrected chi connectivity index (χ1v) is 5.30. The number of aryl methyl sites for hydroxylation is 2. The Morgan fingerprint density at radius 3 is 2.56 bits per heavy atom. The molecule has 0 radical (unpaired) electrons. The van der Waals surface area contributed by atoms with Gasteiger partial charge in [0.05, 0.1) is 11.4 Å². The molecular formula is C13H15N3. The van der Waals surface area contributed by atoms with Crippen LogP contribution in [0.4, 0.5) is 0 Å². The lowest BCUT2D eigenvalue weighted by Crippen LogP contribution is -2.04. The summed E-state index contributed by atoms with van der Waals surface area (Å²) in [5, 5.41) is 0. The van der Waals surface area contributed by atoms with Gasteiger partial charge in [-0.15, -0.1) is 0 Å². The van der Waals surface area contributed by atoms with Gasteiger partial charge < -0.3 is 5.73 Å². The first kappa shape index (κ1) is 10.8. The molecule has 0 amide bonds. The molecule has 0 spiro atoms. The first-order valence-electron chi connectivity index (χ1n) is 5.30. The van der Waals surface area contributed by atoms with Crippen LogP contribution < -0.4 is 5.73 Å². The van der Waals surface area contributed by atoms with E-state index >= 15 is 0 Å². The highest BCUT2D eigenvalue weighted by Crippen LogP contribution is 2.24. The molecule has 3 nitrogen and oxygen atoms in total.